The van der Waals surface area contributed by atoms with Crippen molar-refractivity contribution in [1.82, 2.24) is 15.2 Å². The predicted octanol–water partition coefficient (Wildman–Crippen LogP) is 2.34. The van der Waals surface area contributed by atoms with Crippen molar-refractivity contribution in [3.05, 3.63) is 36.0 Å². The smallest absolute Gasteiger partial charge is 0.244 e. The lowest BCUT2D eigenvalue weighted by atomic mass is 10.2. The van der Waals surface area contributed by atoms with Crippen molar-refractivity contribution in [2.24, 2.45) is 0 Å². The fourth-order valence-electron chi connectivity index (χ4n) is 1.99. The van der Waals surface area contributed by atoms with Gasteiger partial charge in [0.15, 0.2) is 5.82 Å². The third kappa shape index (κ3) is 4.05. The van der Waals surface area contributed by atoms with E-state index in [1.165, 1.54) is 0 Å². The van der Waals surface area contributed by atoms with Crippen LogP contribution in [0.1, 0.15) is 19.4 Å². The number of rotatable bonds is 7. The molecule has 6 nitrogen and oxygen atoms in total. The van der Waals surface area contributed by atoms with Crippen LogP contribution < -0.4 is 15.0 Å². The fraction of sp³-hybridized carbons (Fsp3) is 0.400. The van der Waals surface area contributed by atoms with Crippen LogP contribution in [0.3, 0.4) is 0 Å². The minimum atomic E-state index is 0.537. The molecule has 6 heteroatoms. The first-order chi connectivity index (χ1) is 10.3. The van der Waals surface area contributed by atoms with Gasteiger partial charge in [0.25, 0.3) is 0 Å². The molecule has 0 aliphatic heterocycles. The largest absolute Gasteiger partial charge is 0.497 e. The van der Waals surface area contributed by atoms with E-state index in [-0.39, 0.29) is 0 Å². The molecule has 0 bridgehead atoms. The molecule has 1 heterocycles. The van der Waals surface area contributed by atoms with E-state index >= 15 is 0 Å². The Hall–Kier alpha value is -2.37. The first-order valence-corrected chi connectivity index (χ1v) is 7.08. The van der Waals surface area contributed by atoms with Crippen LogP contribution >= 0.6 is 0 Å². The topological polar surface area (TPSA) is 63.2 Å². The van der Waals surface area contributed by atoms with Crippen LogP contribution in [0.15, 0.2) is 30.5 Å². The lowest BCUT2D eigenvalue weighted by Crippen LogP contribution is -2.23. The zero-order chi connectivity index (χ0) is 15.1. The molecule has 2 aromatic rings. The molecular weight excluding hydrogens is 266 g/mol. The number of benzene rings is 1. The lowest BCUT2D eigenvalue weighted by Gasteiger charge is -2.19. The maximum atomic E-state index is 5.14. The van der Waals surface area contributed by atoms with Crippen molar-refractivity contribution in [3.63, 3.8) is 0 Å². The Morgan fingerprint density at radius 2 is 1.86 bits per heavy atom. The summed E-state index contributed by atoms with van der Waals surface area (Å²) in [6, 6.07) is 7.88. The van der Waals surface area contributed by atoms with Gasteiger partial charge in [-0.25, -0.2) is 0 Å². The van der Waals surface area contributed by atoms with E-state index in [9.17, 15) is 0 Å². The highest BCUT2D eigenvalue weighted by molar-refractivity contribution is 5.40. The summed E-state index contributed by atoms with van der Waals surface area (Å²) in [5, 5.41) is 11.2. The maximum absolute atomic E-state index is 5.14. The molecule has 0 radical (unpaired) electrons. The van der Waals surface area contributed by atoms with Crippen molar-refractivity contribution in [1.29, 1.82) is 0 Å². The van der Waals surface area contributed by atoms with Crippen LogP contribution in [-0.2, 0) is 6.54 Å². The average molecular weight is 287 g/mol. The molecule has 112 valence electrons. The molecule has 21 heavy (non-hydrogen) atoms. The Balaban J connectivity index is 2.00. The van der Waals surface area contributed by atoms with E-state index in [2.05, 4.69) is 39.2 Å². The van der Waals surface area contributed by atoms with Gasteiger partial charge in [0.2, 0.25) is 5.95 Å². The monoisotopic (exact) mass is 287 g/mol. The second kappa shape index (κ2) is 7.42. The summed E-state index contributed by atoms with van der Waals surface area (Å²) >= 11 is 0. The molecule has 0 atom stereocenters. The van der Waals surface area contributed by atoms with Gasteiger partial charge in [-0.2, -0.15) is 10.1 Å². The summed E-state index contributed by atoms with van der Waals surface area (Å²) in [5.41, 5.74) is 1.13. The summed E-state index contributed by atoms with van der Waals surface area (Å²) in [5.74, 6) is 2.22. The summed E-state index contributed by atoms with van der Waals surface area (Å²) in [6.45, 7) is 6.62. The summed E-state index contributed by atoms with van der Waals surface area (Å²) in [6.07, 6.45) is 1.69. The van der Waals surface area contributed by atoms with Gasteiger partial charge < -0.3 is 15.0 Å². The van der Waals surface area contributed by atoms with Gasteiger partial charge in [-0.15, -0.1) is 5.10 Å². The quantitative estimate of drug-likeness (QED) is 0.843. The lowest BCUT2D eigenvalue weighted by molar-refractivity contribution is 0.414. The van der Waals surface area contributed by atoms with Gasteiger partial charge in [0.1, 0.15) is 5.75 Å². The second-order valence-electron chi connectivity index (χ2n) is 4.51. The highest BCUT2D eigenvalue weighted by Crippen LogP contribution is 2.13. The summed E-state index contributed by atoms with van der Waals surface area (Å²) in [7, 11) is 1.66. The summed E-state index contributed by atoms with van der Waals surface area (Å²) in [4.78, 5) is 6.61. The van der Waals surface area contributed by atoms with Crippen LogP contribution in [0.5, 0.6) is 5.75 Å². The van der Waals surface area contributed by atoms with Crippen molar-refractivity contribution < 1.29 is 4.74 Å². The fourth-order valence-corrected chi connectivity index (χ4v) is 1.99. The molecule has 1 aromatic carbocycles. The number of nitrogens with one attached hydrogen (secondary N) is 1. The Bertz CT molecular complexity index is 554. The molecule has 0 spiro atoms. The van der Waals surface area contributed by atoms with E-state index in [0.717, 1.165) is 30.2 Å². The van der Waals surface area contributed by atoms with Crippen molar-refractivity contribution in [2.45, 2.75) is 20.4 Å². The highest BCUT2D eigenvalue weighted by atomic mass is 16.5. The van der Waals surface area contributed by atoms with Crippen molar-refractivity contribution in [3.8, 4) is 5.75 Å². The third-order valence-electron chi connectivity index (χ3n) is 3.24. The van der Waals surface area contributed by atoms with E-state index < -0.39 is 0 Å². The Labute approximate surface area is 125 Å². The number of aromatic nitrogens is 3. The Morgan fingerprint density at radius 3 is 2.48 bits per heavy atom. The average Bonchev–Trinajstić information content (AvgIpc) is 2.55. The molecule has 0 aliphatic rings. The number of ether oxygens (including phenoxy) is 1. The SMILES string of the molecule is CCN(CC)c1cnnc(NCc2ccc(OC)cc2)n1. The zero-order valence-electron chi connectivity index (χ0n) is 12.7. The first-order valence-electron chi connectivity index (χ1n) is 7.08. The molecule has 0 fully saturated rings. The van der Waals surface area contributed by atoms with Gasteiger partial charge in [0.05, 0.1) is 13.3 Å². The van der Waals surface area contributed by atoms with Gasteiger partial charge >= 0.3 is 0 Å². The third-order valence-corrected chi connectivity index (χ3v) is 3.24. The van der Waals surface area contributed by atoms with E-state index in [1.807, 2.05) is 24.3 Å². The minimum absolute atomic E-state index is 0.537. The van der Waals surface area contributed by atoms with E-state index in [4.69, 9.17) is 4.74 Å². The first kappa shape index (κ1) is 15.0. The summed E-state index contributed by atoms with van der Waals surface area (Å²) < 4.78 is 5.14. The second-order valence-corrected chi connectivity index (χ2v) is 4.51. The van der Waals surface area contributed by atoms with Crippen molar-refractivity contribution in [2.75, 3.05) is 30.4 Å². The van der Waals surface area contributed by atoms with Gasteiger partial charge in [-0.1, -0.05) is 12.1 Å². The van der Waals surface area contributed by atoms with Crippen LogP contribution in [-0.4, -0.2) is 35.4 Å². The van der Waals surface area contributed by atoms with Gasteiger partial charge in [-0.05, 0) is 31.5 Å². The number of anilines is 2. The zero-order valence-corrected chi connectivity index (χ0v) is 12.7. The molecule has 1 aromatic heterocycles. The van der Waals surface area contributed by atoms with Gasteiger partial charge in [-0.3, -0.25) is 0 Å². The number of hydrogen-bond acceptors (Lipinski definition) is 6. The van der Waals surface area contributed by atoms with Crippen LogP contribution in [0.2, 0.25) is 0 Å². The van der Waals surface area contributed by atoms with Crippen LogP contribution in [0.25, 0.3) is 0 Å². The highest BCUT2D eigenvalue weighted by Gasteiger charge is 2.06. The standard InChI is InChI=1S/C15H21N5O/c1-4-20(5-2)14-11-17-19-15(18-14)16-10-12-6-8-13(21-3)9-7-12/h6-9,11H,4-5,10H2,1-3H3,(H,16,18,19). The van der Waals surface area contributed by atoms with Crippen molar-refractivity contribution >= 4 is 11.8 Å². The molecular formula is C15H21N5O. The predicted molar refractivity (Wildman–Crippen MR) is 83.7 cm³/mol. The molecule has 2 rings (SSSR count). The normalized spacial score (nSPS) is 10.2. The molecule has 0 unspecified atom stereocenters. The van der Waals surface area contributed by atoms with Crippen LogP contribution in [0.4, 0.5) is 11.8 Å². The Morgan fingerprint density at radius 1 is 1.14 bits per heavy atom. The molecule has 0 saturated heterocycles. The minimum Gasteiger partial charge on any atom is -0.497 e. The van der Waals surface area contributed by atoms with Crippen LogP contribution in [0, 0.1) is 0 Å². The van der Waals surface area contributed by atoms with E-state index in [1.54, 1.807) is 13.3 Å². The molecule has 1 N–H and O–H groups in total. The van der Waals surface area contributed by atoms with E-state index in [0.29, 0.717) is 12.5 Å². The maximum Gasteiger partial charge on any atom is 0.244 e. The molecule has 0 amide bonds. The molecule has 0 saturated carbocycles. The van der Waals surface area contributed by atoms with Gasteiger partial charge in [0, 0.05) is 19.6 Å². The number of nitrogens with zero attached hydrogens (tertiary/aromatic N) is 4. The Kier molecular flexibility index (Phi) is 5.31. The number of methoxy groups -OCH3 is 1. The molecule has 0 aliphatic carbocycles. The number of hydrogen-bond donors (Lipinski definition) is 1.